The number of ether oxygens (including phenoxy) is 1. The van der Waals surface area contributed by atoms with Gasteiger partial charge < -0.3 is 19.8 Å². The minimum absolute atomic E-state index is 0.0450. The van der Waals surface area contributed by atoms with E-state index in [1.54, 1.807) is 11.0 Å². The predicted octanol–water partition coefficient (Wildman–Crippen LogP) is 6.30. The van der Waals surface area contributed by atoms with Crippen molar-refractivity contribution >= 4 is 29.6 Å². The van der Waals surface area contributed by atoms with Crippen LogP contribution in [-0.2, 0) is 27.5 Å². The molecule has 1 aliphatic rings. The van der Waals surface area contributed by atoms with Gasteiger partial charge in [-0.25, -0.2) is 4.79 Å². The SMILES string of the molecule is O=C1OCCC=CCC/C=C/C(NOCC(=O)N(Cc2ccccc2)Cc2ccccc2)=C/c2c(Cl)c(O)cc(O)c21. The third kappa shape index (κ3) is 8.73. The van der Waals surface area contributed by atoms with Gasteiger partial charge in [-0.2, -0.15) is 0 Å². The molecule has 0 aliphatic carbocycles. The van der Waals surface area contributed by atoms with Gasteiger partial charge >= 0.3 is 5.97 Å². The topological polar surface area (TPSA) is 108 Å². The number of nitrogens with one attached hydrogen (secondary N) is 1. The third-order valence-electron chi connectivity index (χ3n) is 6.42. The molecule has 3 N–H and O–H groups in total. The van der Waals surface area contributed by atoms with Gasteiger partial charge in [0.1, 0.15) is 17.1 Å². The van der Waals surface area contributed by atoms with E-state index in [4.69, 9.17) is 21.2 Å². The van der Waals surface area contributed by atoms with E-state index in [-0.39, 0.29) is 35.3 Å². The summed E-state index contributed by atoms with van der Waals surface area (Å²) in [7, 11) is 0. The number of aromatic hydroxyl groups is 2. The average Bonchev–Trinajstić information content (AvgIpc) is 2.99. The molecule has 3 aromatic rings. The van der Waals surface area contributed by atoms with Gasteiger partial charge in [-0.15, -0.1) is 0 Å². The molecular formula is C33H33ClN2O6. The fraction of sp³-hybridized carbons (Fsp3) is 0.212. The van der Waals surface area contributed by atoms with Gasteiger partial charge in [-0.05, 0) is 42.5 Å². The van der Waals surface area contributed by atoms with E-state index in [2.05, 4.69) is 5.48 Å². The van der Waals surface area contributed by atoms with Gasteiger partial charge in [0.2, 0.25) is 0 Å². The van der Waals surface area contributed by atoms with Crippen LogP contribution in [0.25, 0.3) is 6.08 Å². The van der Waals surface area contributed by atoms with Crippen molar-refractivity contribution in [2.75, 3.05) is 13.2 Å². The zero-order valence-corrected chi connectivity index (χ0v) is 23.8. The molecule has 0 atom stereocenters. The number of rotatable bonds is 8. The maximum Gasteiger partial charge on any atom is 0.342 e. The molecule has 1 heterocycles. The molecule has 218 valence electrons. The van der Waals surface area contributed by atoms with Gasteiger partial charge in [0.25, 0.3) is 5.91 Å². The van der Waals surface area contributed by atoms with Crippen LogP contribution in [0, 0.1) is 0 Å². The number of esters is 1. The number of hydrogen-bond acceptors (Lipinski definition) is 7. The van der Waals surface area contributed by atoms with Crippen molar-refractivity contribution in [1.82, 2.24) is 10.4 Å². The Labute approximate surface area is 250 Å². The Kier molecular flexibility index (Phi) is 11.2. The highest BCUT2D eigenvalue weighted by molar-refractivity contribution is 6.34. The number of carbonyl (C=O) groups is 2. The number of amides is 1. The second-order valence-corrected chi connectivity index (χ2v) is 9.98. The first kappa shape index (κ1) is 30.4. The van der Waals surface area contributed by atoms with Crippen molar-refractivity contribution in [2.24, 2.45) is 0 Å². The van der Waals surface area contributed by atoms with Crippen LogP contribution in [0.15, 0.2) is 96.7 Å². The van der Waals surface area contributed by atoms with Crippen LogP contribution in [0.5, 0.6) is 11.5 Å². The number of phenols is 2. The van der Waals surface area contributed by atoms with Crippen LogP contribution in [-0.4, -0.2) is 40.2 Å². The Hall–Kier alpha value is -4.53. The quantitative estimate of drug-likeness (QED) is 0.161. The number of fused-ring (bicyclic) bond motifs is 1. The number of cyclic esters (lactones) is 1. The number of hydroxylamine groups is 1. The van der Waals surface area contributed by atoms with Crippen LogP contribution in [0.3, 0.4) is 0 Å². The number of allylic oxidation sites excluding steroid dienone is 3. The Morgan fingerprint density at radius 3 is 2.19 bits per heavy atom. The predicted molar refractivity (Wildman–Crippen MR) is 161 cm³/mol. The van der Waals surface area contributed by atoms with Crippen LogP contribution >= 0.6 is 11.6 Å². The normalized spacial score (nSPS) is 15.8. The van der Waals surface area contributed by atoms with Crippen molar-refractivity contribution in [1.29, 1.82) is 0 Å². The highest BCUT2D eigenvalue weighted by Gasteiger charge is 2.23. The summed E-state index contributed by atoms with van der Waals surface area (Å²) in [5.74, 6) is -1.92. The number of nitrogens with zero attached hydrogens (tertiary/aromatic N) is 1. The maximum absolute atomic E-state index is 13.3. The summed E-state index contributed by atoms with van der Waals surface area (Å²) in [6.07, 6.45) is 11.0. The monoisotopic (exact) mass is 588 g/mol. The molecule has 42 heavy (non-hydrogen) atoms. The number of hydrogen-bond donors (Lipinski definition) is 3. The molecule has 3 aromatic carbocycles. The molecule has 4 rings (SSSR count). The average molecular weight is 589 g/mol. The van der Waals surface area contributed by atoms with Crippen LogP contribution < -0.4 is 5.48 Å². The molecule has 1 amide bonds. The van der Waals surface area contributed by atoms with Crippen molar-refractivity contribution in [3.8, 4) is 11.5 Å². The zero-order chi connectivity index (χ0) is 29.7. The Morgan fingerprint density at radius 2 is 1.52 bits per heavy atom. The molecule has 0 radical (unpaired) electrons. The van der Waals surface area contributed by atoms with E-state index in [1.807, 2.05) is 78.9 Å². The molecule has 0 unspecified atom stereocenters. The van der Waals surface area contributed by atoms with Crippen molar-refractivity contribution < 1.29 is 29.4 Å². The summed E-state index contributed by atoms with van der Waals surface area (Å²) < 4.78 is 5.32. The fourth-order valence-electron chi connectivity index (χ4n) is 4.31. The molecular weight excluding hydrogens is 556 g/mol. The Balaban J connectivity index is 1.56. The minimum atomic E-state index is -0.789. The van der Waals surface area contributed by atoms with E-state index in [1.165, 1.54) is 6.08 Å². The van der Waals surface area contributed by atoms with E-state index in [9.17, 15) is 19.8 Å². The van der Waals surface area contributed by atoms with Crippen molar-refractivity contribution in [3.63, 3.8) is 0 Å². The first-order valence-corrected chi connectivity index (χ1v) is 14.0. The lowest BCUT2D eigenvalue weighted by molar-refractivity contribution is -0.139. The van der Waals surface area contributed by atoms with E-state index >= 15 is 0 Å². The number of carbonyl (C=O) groups excluding carboxylic acids is 2. The molecule has 0 bridgehead atoms. The molecule has 0 saturated heterocycles. The lowest BCUT2D eigenvalue weighted by atomic mass is 10.0. The molecule has 1 aliphatic heterocycles. The zero-order valence-electron chi connectivity index (χ0n) is 23.0. The number of benzene rings is 3. The summed E-state index contributed by atoms with van der Waals surface area (Å²) >= 11 is 6.37. The van der Waals surface area contributed by atoms with Crippen molar-refractivity contribution in [3.05, 3.63) is 124 Å². The minimum Gasteiger partial charge on any atom is -0.507 e. The second kappa shape index (κ2) is 15.5. The largest absolute Gasteiger partial charge is 0.507 e. The number of halogens is 1. The molecule has 0 saturated carbocycles. The van der Waals surface area contributed by atoms with E-state index < -0.39 is 17.5 Å². The molecule has 0 aromatic heterocycles. The maximum atomic E-state index is 13.3. The highest BCUT2D eigenvalue weighted by Crippen LogP contribution is 2.38. The Morgan fingerprint density at radius 1 is 0.905 bits per heavy atom. The summed E-state index contributed by atoms with van der Waals surface area (Å²) in [6.45, 7) is 0.627. The lowest BCUT2D eigenvalue weighted by Gasteiger charge is -2.23. The first-order chi connectivity index (χ1) is 20.4. The smallest absolute Gasteiger partial charge is 0.342 e. The van der Waals surface area contributed by atoms with Crippen LogP contribution in [0.1, 0.15) is 46.3 Å². The second-order valence-electron chi connectivity index (χ2n) is 9.60. The standard InChI is InChI=1S/C33H33ClN2O6/c34-32-27-19-26(17-11-3-1-2-4-12-18-41-33(40)31(27)28(37)20-29(32)38)35-42-23-30(39)36(21-24-13-7-5-8-14-24)22-25-15-9-6-10-16-25/h2,4-11,13-17,19-20,35,37-38H,1,3,12,18,21-23H2/b4-2?,17-11+,26-19-. The molecule has 9 heteroatoms. The van der Waals surface area contributed by atoms with Gasteiger partial charge in [0.15, 0.2) is 6.61 Å². The first-order valence-electron chi connectivity index (χ1n) is 13.6. The molecule has 8 nitrogen and oxygen atoms in total. The molecule has 0 spiro atoms. The van der Waals surface area contributed by atoms with Crippen LogP contribution in [0.2, 0.25) is 5.02 Å². The Bertz CT molecular complexity index is 1410. The summed E-state index contributed by atoms with van der Waals surface area (Å²) in [4.78, 5) is 33.5. The van der Waals surface area contributed by atoms with Gasteiger partial charge in [-0.3, -0.25) is 15.1 Å². The van der Waals surface area contributed by atoms with E-state index in [0.29, 0.717) is 31.6 Å². The summed E-state index contributed by atoms with van der Waals surface area (Å²) in [5, 5.41) is 20.6. The third-order valence-corrected chi connectivity index (χ3v) is 6.81. The highest BCUT2D eigenvalue weighted by atomic mass is 35.5. The lowest BCUT2D eigenvalue weighted by Crippen LogP contribution is -2.34. The summed E-state index contributed by atoms with van der Waals surface area (Å²) in [6, 6.07) is 20.4. The van der Waals surface area contributed by atoms with Crippen molar-refractivity contribution in [2.45, 2.75) is 32.4 Å². The number of phenolic OH excluding ortho intramolecular Hbond substituents is 2. The fourth-order valence-corrected chi connectivity index (χ4v) is 4.51. The van der Waals surface area contributed by atoms with Gasteiger partial charge in [0.05, 0.1) is 17.3 Å². The molecule has 0 fully saturated rings. The van der Waals surface area contributed by atoms with Crippen LogP contribution in [0.4, 0.5) is 0 Å². The van der Waals surface area contributed by atoms with Gasteiger partial charge in [-0.1, -0.05) is 90.5 Å². The van der Waals surface area contributed by atoms with Gasteiger partial charge in [0, 0.05) is 24.7 Å². The summed E-state index contributed by atoms with van der Waals surface area (Å²) in [5.41, 5.74) is 4.93. The van der Waals surface area contributed by atoms with E-state index in [0.717, 1.165) is 23.6 Å².